The highest BCUT2D eigenvalue weighted by Crippen LogP contribution is 2.25. The van der Waals surface area contributed by atoms with E-state index in [0.29, 0.717) is 11.7 Å². The molecule has 0 radical (unpaired) electrons. The fourth-order valence-electron chi connectivity index (χ4n) is 2.37. The molecule has 146 valence electrons. The van der Waals surface area contributed by atoms with Gasteiger partial charge in [-0.15, -0.1) is 0 Å². The van der Waals surface area contributed by atoms with E-state index in [1.165, 1.54) is 11.3 Å². The van der Waals surface area contributed by atoms with Crippen molar-refractivity contribution in [2.24, 2.45) is 0 Å². The van der Waals surface area contributed by atoms with Gasteiger partial charge in [-0.25, -0.2) is 4.98 Å². The first kappa shape index (κ1) is 19.8. The number of hydrogen-bond acceptors (Lipinski definition) is 6. The third-order valence-corrected chi connectivity index (χ3v) is 4.92. The number of thiocarbonyl (C=S) groups is 1. The molecule has 9 heteroatoms. The molecule has 3 rings (SSSR count). The monoisotopic (exact) mass is 415 g/mol. The van der Waals surface area contributed by atoms with E-state index in [0.717, 1.165) is 21.7 Å². The lowest BCUT2D eigenvalue weighted by atomic mass is 10.3. The number of nitrogens with zero attached hydrogens (tertiary/aromatic N) is 1. The lowest BCUT2D eigenvalue weighted by Crippen LogP contribution is -2.49. The summed E-state index contributed by atoms with van der Waals surface area (Å²) >= 11 is 6.70. The van der Waals surface area contributed by atoms with Gasteiger partial charge in [-0.05, 0) is 62.5 Å². The Balaban J connectivity index is 1.46. The van der Waals surface area contributed by atoms with Gasteiger partial charge in [-0.1, -0.05) is 23.5 Å². The Morgan fingerprint density at radius 3 is 2.64 bits per heavy atom. The zero-order chi connectivity index (χ0) is 19.9. The number of anilines is 2. The van der Waals surface area contributed by atoms with Crippen LogP contribution < -0.4 is 26.2 Å². The summed E-state index contributed by atoms with van der Waals surface area (Å²) in [5, 5.41) is 7.07. The molecule has 0 saturated carbocycles. The molecule has 0 aliphatic heterocycles. The summed E-state index contributed by atoms with van der Waals surface area (Å²) in [5.74, 6) is 0.532. The number of rotatable bonds is 6. The molecule has 0 saturated heterocycles. The average molecular weight is 416 g/mol. The number of hydrogen-bond donors (Lipinski definition) is 4. The third-order valence-electron chi connectivity index (χ3n) is 3.75. The SMILES string of the molecule is CCOc1ccc(NC(=S)NNC(=O)[C@H](C)Nc2nc3ccccc3s2)cc1. The van der Waals surface area contributed by atoms with E-state index < -0.39 is 6.04 Å². The Labute approximate surface area is 172 Å². The van der Waals surface area contributed by atoms with E-state index in [2.05, 4.69) is 26.5 Å². The van der Waals surface area contributed by atoms with Crippen LogP contribution >= 0.6 is 23.6 Å². The van der Waals surface area contributed by atoms with Crippen molar-refractivity contribution in [2.45, 2.75) is 19.9 Å². The van der Waals surface area contributed by atoms with E-state index in [9.17, 15) is 4.79 Å². The molecule has 1 atom stereocenters. The summed E-state index contributed by atoms with van der Waals surface area (Å²) in [6.07, 6.45) is 0. The van der Waals surface area contributed by atoms with Crippen LogP contribution in [-0.2, 0) is 4.79 Å². The summed E-state index contributed by atoms with van der Waals surface area (Å²) < 4.78 is 6.46. The first-order chi connectivity index (χ1) is 13.5. The smallest absolute Gasteiger partial charge is 0.260 e. The van der Waals surface area contributed by atoms with Crippen LogP contribution in [-0.4, -0.2) is 28.7 Å². The highest BCUT2D eigenvalue weighted by molar-refractivity contribution is 7.80. The number of para-hydroxylation sites is 1. The lowest BCUT2D eigenvalue weighted by molar-refractivity contribution is -0.122. The molecule has 0 bridgehead atoms. The van der Waals surface area contributed by atoms with Crippen LogP contribution in [0.1, 0.15) is 13.8 Å². The number of ether oxygens (including phenoxy) is 1. The molecule has 0 aliphatic carbocycles. The maximum Gasteiger partial charge on any atom is 0.260 e. The van der Waals surface area contributed by atoms with Crippen molar-refractivity contribution in [1.29, 1.82) is 0 Å². The molecule has 1 aromatic heterocycles. The van der Waals surface area contributed by atoms with Crippen molar-refractivity contribution in [1.82, 2.24) is 15.8 Å². The van der Waals surface area contributed by atoms with E-state index in [1.807, 2.05) is 55.5 Å². The summed E-state index contributed by atoms with van der Waals surface area (Å²) in [7, 11) is 0. The van der Waals surface area contributed by atoms with E-state index in [1.54, 1.807) is 6.92 Å². The van der Waals surface area contributed by atoms with Crippen molar-refractivity contribution in [2.75, 3.05) is 17.2 Å². The maximum absolute atomic E-state index is 12.3. The molecule has 3 aromatic rings. The summed E-state index contributed by atoms with van der Waals surface area (Å²) in [6, 6.07) is 14.7. The fourth-order valence-corrected chi connectivity index (χ4v) is 3.50. The van der Waals surface area contributed by atoms with Gasteiger partial charge in [0, 0.05) is 5.69 Å². The van der Waals surface area contributed by atoms with Crippen molar-refractivity contribution < 1.29 is 9.53 Å². The summed E-state index contributed by atoms with van der Waals surface area (Å²) in [6.45, 7) is 4.30. The molecule has 0 fully saturated rings. The van der Waals surface area contributed by atoms with Crippen LogP contribution in [0.5, 0.6) is 5.75 Å². The van der Waals surface area contributed by atoms with Crippen LogP contribution in [0.2, 0.25) is 0 Å². The molecular weight excluding hydrogens is 394 g/mol. The van der Waals surface area contributed by atoms with Crippen molar-refractivity contribution in [3.05, 3.63) is 48.5 Å². The van der Waals surface area contributed by atoms with Gasteiger partial charge in [-0.2, -0.15) is 0 Å². The number of carbonyl (C=O) groups is 1. The molecule has 0 aliphatic rings. The van der Waals surface area contributed by atoms with Gasteiger partial charge in [0.25, 0.3) is 5.91 Å². The van der Waals surface area contributed by atoms with Crippen LogP contribution in [0, 0.1) is 0 Å². The second kappa shape index (κ2) is 9.34. The van der Waals surface area contributed by atoms with Gasteiger partial charge in [0.2, 0.25) is 0 Å². The average Bonchev–Trinajstić information content (AvgIpc) is 3.10. The second-order valence-electron chi connectivity index (χ2n) is 5.88. The molecule has 28 heavy (non-hydrogen) atoms. The van der Waals surface area contributed by atoms with Crippen molar-refractivity contribution in [3.8, 4) is 5.75 Å². The Hall–Kier alpha value is -2.91. The van der Waals surface area contributed by atoms with Gasteiger partial charge in [0.05, 0.1) is 16.8 Å². The van der Waals surface area contributed by atoms with Crippen LogP contribution in [0.25, 0.3) is 10.2 Å². The topological polar surface area (TPSA) is 87.3 Å². The van der Waals surface area contributed by atoms with Gasteiger partial charge < -0.3 is 15.4 Å². The molecule has 4 N–H and O–H groups in total. The normalized spacial score (nSPS) is 11.5. The lowest BCUT2D eigenvalue weighted by Gasteiger charge is -2.15. The van der Waals surface area contributed by atoms with Gasteiger partial charge in [0.15, 0.2) is 10.2 Å². The van der Waals surface area contributed by atoms with E-state index in [4.69, 9.17) is 17.0 Å². The zero-order valence-electron chi connectivity index (χ0n) is 15.5. The minimum absolute atomic E-state index is 0.255. The number of benzene rings is 2. The van der Waals surface area contributed by atoms with Crippen LogP contribution in [0.15, 0.2) is 48.5 Å². The Morgan fingerprint density at radius 2 is 1.93 bits per heavy atom. The third kappa shape index (κ3) is 5.30. The Kier molecular flexibility index (Phi) is 6.62. The summed E-state index contributed by atoms with van der Waals surface area (Å²) in [5.41, 5.74) is 6.97. The first-order valence-electron chi connectivity index (χ1n) is 8.77. The first-order valence-corrected chi connectivity index (χ1v) is 9.99. The summed E-state index contributed by atoms with van der Waals surface area (Å²) in [4.78, 5) is 16.7. The largest absolute Gasteiger partial charge is 0.494 e. The number of amides is 1. The predicted molar refractivity (Wildman–Crippen MR) is 118 cm³/mol. The second-order valence-corrected chi connectivity index (χ2v) is 7.32. The number of fused-ring (bicyclic) bond motifs is 1. The fraction of sp³-hybridized carbons (Fsp3) is 0.211. The Morgan fingerprint density at radius 1 is 1.18 bits per heavy atom. The number of thiazole rings is 1. The highest BCUT2D eigenvalue weighted by Gasteiger charge is 2.15. The quantitative estimate of drug-likeness (QED) is 0.362. The maximum atomic E-state index is 12.3. The Bertz CT molecular complexity index is 925. The highest BCUT2D eigenvalue weighted by atomic mass is 32.1. The van der Waals surface area contributed by atoms with Crippen LogP contribution in [0.3, 0.4) is 0 Å². The standard InChI is InChI=1S/C19H21N5O2S2/c1-3-26-14-10-8-13(9-11-14)21-18(27)24-23-17(25)12(2)20-19-22-15-6-4-5-7-16(15)28-19/h4-12H,3H2,1-2H3,(H,20,22)(H,23,25)(H2,21,24,27)/t12-/m0/s1. The van der Waals surface area contributed by atoms with Gasteiger partial charge in [0.1, 0.15) is 11.8 Å². The molecule has 2 aromatic carbocycles. The van der Waals surface area contributed by atoms with Crippen molar-refractivity contribution in [3.63, 3.8) is 0 Å². The van der Waals surface area contributed by atoms with Gasteiger partial charge in [-0.3, -0.25) is 15.6 Å². The van der Waals surface area contributed by atoms with E-state index in [-0.39, 0.29) is 11.0 Å². The zero-order valence-corrected chi connectivity index (χ0v) is 17.1. The predicted octanol–water partition coefficient (Wildman–Crippen LogP) is 3.51. The molecule has 0 unspecified atom stereocenters. The minimum atomic E-state index is -0.485. The number of nitrogens with one attached hydrogen (secondary N) is 4. The molecule has 1 heterocycles. The van der Waals surface area contributed by atoms with Crippen molar-refractivity contribution >= 4 is 55.6 Å². The van der Waals surface area contributed by atoms with Gasteiger partial charge >= 0.3 is 0 Å². The molecule has 7 nitrogen and oxygen atoms in total. The number of carbonyl (C=O) groups excluding carboxylic acids is 1. The minimum Gasteiger partial charge on any atom is -0.494 e. The molecular formula is C19H21N5O2S2. The van der Waals surface area contributed by atoms with E-state index >= 15 is 0 Å². The van der Waals surface area contributed by atoms with Crippen LogP contribution in [0.4, 0.5) is 10.8 Å². The molecule has 0 spiro atoms. The number of hydrazine groups is 1. The number of aromatic nitrogens is 1. The molecule has 1 amide bonds.